The summed E-state index contributed by atoms with van der Waals surface area (Å²) in [5.74, 6) is -0.932. The number of nitrogens with zero attached hydrogens (tertiary/aromatic N) is 1. The van der Waals surface area contributed by atoms with Crippen LogP contribution in [0.2, 0.25) is 0 Å². The van der Waals surface area contributed by atoms with Gasteiger partial charge in [0.05, 0.1) is 5.56 Å². The zero-order chi connectivity index (χ0) is 13.2. The molecule has 1 aromatic rings. The standard InChI is InChI=1S/C14H21NO3/c16-10-6-4-2-1-3-5-7-13-9-8-12(11-15-13)14(17)18/h8-9,11,16H,1-7,10H2,(H,17,18). The Labute approximate surface area is 108 Å². The molecule has 1 aromatic heterocycles. The van der Waals surface area contributed by atoms with Crippen LogP contribution in [-0.2, 0) is 6.42 Å². The molecule has 0 bridgehead atoms. The van der Waals surface area contributed by atoms with Crippen molar-refractivity contribution in [1.29, 1.82) is 0 Å². The molecule has 0 unspecified atom stereocenters. The molecular formula is C14H21NO3. The number of aliphatic hydroxyl groups excluding tert-OH is 1. The van der Waals surface area contributed by atoms with Crippen molar-refractivity contribution in [3.8, 4) is 0 Å². The Morgan fingerprint density at radius 2 is 1.72 bits per heavy atom. The molecule has 0 amide bonds. The average Bonchev–Trinajstić information content (AvgIpc) is 2.38. The topological polar surface area (TPSA) is 70.4 Å². The van der Waals surface area contributed by atoms with Crippen LogP contribution < -0.4 is 0 Å². The number of carbonyl (C=O) groups is 1. The van der Waals surface area contributed by atoms with Gasteiger partial charge in [0.25, 0.3) is 0 Å². The zero-order valence-corrected chi connectivity index (χ0v) is 10.6. The van der Waals surface area contributed by atoms with Gasteiger partial charge in [0.15, 0.2) is 0 Å². The van der Waals surface area contributed by atoms with Gasteiger partial charge in [-0.15, -0.1) is 0 Å². The number of hydrogen-bond acceptors (Lipinski definition) is 3. The van der Waals surface area contributed by atoms with E-state index in [2.05, 4.69) is 4.98 Å². The predicted octanol–water partition coefficient (Wildman–Crippen LogP) is 2.66. The summed E-state index contributed by atoms with van der Waals surface area (Å²) in [6, 6.07) is 3.39. The lowest BCUT2D eigenvalue weighted by Crippen LogP contribution is -1.98. The van der Waals surface area contributed by atoms with Gasteiger partial charge in [-0.3, -0.25) is 4.98 Å². The second kappa shape index (κ2) is 8.64. The number of carboxylic acid groups (broad SMARTS) is 1. The molecule has 0 aliphatic rings. The van der Waals surface area contributed by atoms with Crippen molar-refractivity contribution >= 4 is 5.97 Å². The van der Waals surface area contributed by atoms with Gasteiger partial charge in [-0.2, -0.15) is 0 Å². The van der Waals surface area contributed by atoms with E-state index in [1.54, 1.807) is 12.1 Å². The van der Waals surface area contributed by atoms with E-state index in [-0.39, 0.29) is 5.56 Å². The second-order valence-electron chi connectivity index (χ2n) is 4.44. The molecule has 0 fully saturated rings. The fraction of sp³-hybridized carbons (Fsp3) is 0.571. The van der Waals surface area contributed by atoms with Crippen molar-refractivity contribution in [1.82, 2.24) is 4.98 Å². The third kappa shape index (κ3) is 5.77. The van der Waals surface area contributed by atoms with Gasteiger partial charge in [0.2, 0.25) is 0 Å². The summed E-state index contributed by atoms with van der Waals surface area (Å²) in [7, 11) is 0. The van der Waals surface area contributed by atoms with Crippen molar-refractivity contribution in [3.63, 3.8) is 0 Å². The lowest BCUT2D eigenvalue weighted by atomic mass is 10.1. The monoisotopic (exact) mass is 251 g/mol. The van der Waals surface area contributed by atoms with Crippen LogP contribution in [0.5, 0.6) is 0 Å². The summed E-state index contributed by atoms with van der Waals surface area (Å²) < 4.78 is 0. The van der Waals surface area contributed by atoms with Gasteiger partial charge >= 0.3 is 5.97 Å². The van der Waals surface area contributed by atoms with Crippen LogP contribution in [0.1, 0.15) is 54.6 Å². The molecule has 0 spiro atoms. The Bertz CT molecular complexity index is 349. The molecule has 0 saturated carbocycles. The minimum absolute atomic E-state index is 0.239. The maximum atomic E-state index is 10.6. The van der Waals surface area contributed by atoms with Crippen LogP contribution in [0.15, 0.2) is 18.3 Å². The molecule has 4 nitrogen and oxygen atoms in total. The predicted molar refractivity (Wildman–Crippen MR) is 69.7 cm³/mol. The Kier molecular flexibility index (Phi) is 7.03. The normalized spacial score (nSPS) is 10.5. The lowest BCUT2D eigenvalue weighted by molar-refractivity contribution is 0.0696. The Morgan fingerprint density at radius 3 is 2.28 bits per heavy atom. The lowest BCUT2D eigenvalue weighted by Gasteiger charge is -2.02. The van der Waals surface area contributed by atoms with E-state index in [1.807, 2.05) is 0 Å². The summed E-state index contributed by atoms with van der Waals surface area (Å²) in [5.41, 5.74) is 1.19. The number of hydrogen-bond donors (Lipinski definition) is 2. The average molecular weight is 251 g/mol. The molecule has 0 aromatic carbocycles. The second-order valence-corrected chi connectivity index (χ2v) is 4.44. The van der Waals surface area contributed by atoms with E-state index in [0.29, 0.717) is 6.61 Å². The molecule has 0 radical (unpaired) electrons. The maximum absolute atomic E-state index is 10.6. The molecule has 0 saturated heterocycles. The van der Waals surface area contributed by atoms with E-state index in [9.17, 15) is 4.79 Å². The van der Waals surface area contributed by atoms with Gasteiger partial charge in [-0.05, 0) is 31.4 Å². The van der Waals surface area contributed by atoms with Crippen molar-refractivity contribution in [3.05, 3.63) is 29.6 Å². The first-order valence-electron chi connectivity index (χ1n) is 6.53. The summed E-state index contributed by atoms with van der Waals surface area (Å²) >= 11 is 0. The van der Waals surface area contributed by atoms with Crippen molar-refractivity contribution in [2.75, 3.05) is 6.61 Å². The fourth-order valence-corrected chi connectivity index (χ4v) is 1.82. The molecule has 1 rings (SSSR count). The van der Waals surface area contributed by atoms with Crippen molar-refractivity contribution in [2.45, 2.75) is 44.9 Å². The number of rotatable bonds is 9. The van der Waals surface area contributed by atoms with E-state index in [1.165, 1.54) is 19.0 Å². The van der Waals surface area contributed by atoms with E-state index in [0.717, 1.165) is 37.8 Å². The number of pyridine rings is 1. The summed E-state index contributed by atoms with van der Waals surface area (Å²) in [4.78, 5) is 14.8. The Hall–Kier alpha value is -1.42. The number of aliphatic hydroxyl groups is 1. The smallest absolute Gasteiger partial charge is 0.337 e. The van der Waals surface area contributed by atoms with E-state index < -0.39 is 5.97 Å². The molecule has 100 valence electrons. The molecule has 1 heterocycles. The number of unbranched alkanes of at least 4 members (excludes halogenated alkanes) is 5. The third-order valence-corrected chi connectivity index (χ3v) is 2.91. The summed E-state index contributed by atoms with van der Waals surface area (Å²) in [6.07, 6.45) is 8.92. The molecule has 18 heavy (non-hydrogen) atoms. The molecule has 0 aliphatic heterocycles. The number of aryl methyl sites for hydroxylation is 1. The first-order valence-corrected chi connectivity index (χ1v) is 6.53. The quantitative estimate of drug-likeness (QED) is 0.662. The van der Waals surface area contributed by atoms with Gasteiger partial charge in [0.1, 0.15) is 0 Å². The number of aromatic carboxylic acids is 1. The van der Waals surface area contributed by atoms with Gasteiger partial charge < -0.3 is 10.2 Å². The van der Waals surface area contributed by atoms with Crippen molar-refractivity contribution in [2.24, 2.45) is 0 Å². The summed E-state index contributed by atoms with van der Waals surface area (Å²) in [5, 5.41) is 17.4. The zero-order valence-electron chi connectivity index (χ0n) is 10.6. The highest BCUT2D eigenvalue weighted by Crippen LogP contribution is 2.09. The highest BCUT2D eigenvalue weighted by atomic mass is 16.4. The largest absolute Gasteiger partial charge is 0.478 e. The highest BCUT2D eigenvalue weighted by molar-refractivity contribution is 5.87. The summed E-state index contributed by atoms with van der Waals surface area (Å²) in [6.45, 7) is 0.292. The first kappa shape index (κ1) is 14.6. The Morgan fingerprint density at radius 1 is 1.06 bits per heavy atom. The minimum atomic E-state index is -0.932. The van der Waals surface area contributed by atoms with Gasteiger partial charge in [-0.1, -0.05) is 25.7 Å². The minimum Gasteiger partial charge on any atom is -0.478 e. The van der Waals surface area contributed by atoms with Crippen LogP contribution in [-0.4, -0.2) is 27.8 Å². The molecule has 2 N–H and O–H groups in total. The Balaban J connectivity index is 2.14. The van der Waals surface area contributed by atoms with E-state index >= 15 is 0 Å². The van der Waals surface area contributed by atoms with Crippen molar-refractivity contribution < 1.29 is 15.0 Å². The van der Waals surface area contributed by atoms with Crippen LogP contribution >= 0.6 is 0 Å². The van der Waals surface area contributed by atoms with Crippen LogP contribution in [0.3, 0.4) is 0 Å². The maximum Gasteiger partial charge on any atom is 0.337 e. The van der Waals surface area contributed by atoms with Crippen LogP contribution in [0.4, 0.5) is 0 Å². The van der Waals surface area contributed by atoms with Crippen LogP contribution in [0.25, 0.3) is 0 Å². The molecule has 4 heteroatoms. The highest BCUT2D eigenvalue weighted by Gasteiger charge is 2.02. The van der Waals surface area contributed by atoms with Gasteiger partial charge in [0, 0.05) is 18.5 Å². The number of carboxylic acids is 1. The SMILES string of the molecule is O=C(O)c1ccc(CCCCCCCCO)nc1. The van der Waals surface area contributed by atoms with Crippen LogP contribution in [0, 0.1) is 0 Å². The first-order chi connectivity index (χ1) is 8.74. The fourth-order valence-electron chi connectivity index (χ4n) is 1.82. The number of aromatic nitrogens is 1. The molecule has 0 atom stereocenters. The third-order valence-electron chi connectivity index (χ3n) is 2.91. The molecule has 0 aliphatic carbocycles. The van der Waals surface area contributed by atoms with E-state index in [4.69, 9.17) is 10.2 Å². The molecular weight excluding hydrogens is 230 g/mol. The van der Waals surface area contributed by atoms with Gasteiger partial charge in [-0.25, -0.2) is 4.79 Å².